The van der Waals surface area contributed by atoms with Crippen LogP contribution in [0.5, 0.6) is 34.5 Å². The summed E-state index contributed by atoms with van der Waals surface area (Å²) in [7, 11) is 6.68. The molecule has 5 nitrogen and oxygen atoms in total. The molecular weight excluding hydrogens is 464 g/mol. The quantitative estimate of drug-likeness (QED) is 0.209. The zero-order valence-electron chi connectivity index (χ0n) is 22.0. The maximum absolute atomic E-state index is 6.26. The lowest BCUT2D eigenvalue weighted by Gasteiger charge is -2.16. The number of hydrogen-bond acceptors (Lipinski definition) is 5. The molecule has 0 saturated heterocycles. The van der Waals surface area contributed by atoms with Crippen LogP contribution in [0.2, 0.25) is 0 Å². The van der Waals surface area contributed by atoms with Gasteiger partial charge in [0, 0.05) is 6.07 Å². The van der Waals surface area contributed by atoms with Crippen LogP contribution >= 0.6 is 0 Å². The minimum absolute atomic E-state index is 0.633. The fraction of sp³-hybridized carbons (Fsp3) is 0.250. The fourth-order valence-electron chi connectivity index (χ4n) is 4.21. The van der Waals surface area contributed by atoms with Gasteiger partial charge in [-0.1, -0.05) is 36.4 Å². The summed E-state index contributed by atoms with van der Waals surface area (Å²) >= 11 is 0. The van der Waals surface area contributed by atoms with Crippen molar-refractivity contribution in [2.24, 2.45) is 0 Å². The minimum Gasteiger partial charge on any atom is -0.497 e. The largest absolute Gasteiger partial charge is 0.497 e. The molecule has 4 aromatic rings. The Hall–Kier alpha value is -4.12. The average Bonchev–Trinajstić information content (AvgIpc) is 2.96. The van der Waals surface area contributed by atoms with Crippen molar-refractivity contribution in [3.63, 3.8) is 0 Å². The Kier molecular flexibility index (Phi) is 8.93. The average molecular weight is 499 g/mol. The summed E-state index contributed by atoms with van der Waals surface area (Å²) in [6.07, 6.45) is 3.59. The van der Waals surface area contributed by atoms with Gasteiger partial charge in [-0.2, -0.15) is 0 Å². The third-order valence-electron chi connectivity index (χ3n) is 6.42. The summed E-state index contributed by atoms with van der Waals surface area (Å²) in [5.41, 5.74) is 4.83. The number of ether oxygens (including phenoxy) is 5. The first-order valence-electron chi connectivity index (χ1n) is 12.4. The van der Waals surface area contributed by atoms with Gasteiger partial charge in [0.1, 0.15) is 23.0 Å². The molecule has 192 valence electrons. The standard InChI is InChI=1S/C32H34O5/c1-33-27-15-8-23(9-16-27)5-6-24-12-19-29(20-13-24)37-32-21-26(30(35-3)22-31(32)36-4)14-7-25-10-17-28(34-2)18-11-25/h8-13,15-22H,5-7,14H2,1-4H3. The molecule has 0 saturated carbocycles. The van der Waals surface area contributed by atoms with Crippen LogP contribution in [0.3, 0.4) is 0 Å². The van der Waals surface area contributed by atoms with Crippen molar-refractivity contribution < 1.29 is 23.7 Å². The van der Waals surface area contributed by atoms with E-state index in [9.17, 15) is 0 Å². The van der Waals surface area contributed by atoms with E-state index in [0.717, 1.165) is 54.2 Å². The Labute approximate surface area is 219 Å². The summed E-state index contributed by atoms with van der Waals surface area (Å²) < 4.78 is 28.0. The molecule has 4 aromatic carbocycles. The number of methoxy groups -OCH3 is 4. The smallest absolute Gasteiger partial charge is 0.169 e. The predicted molar refractivity (Wildman–Crippen MR) is 147 cm³/mol. The lowest BCUT2D eigenvalue weighted by molar-refractivity contribution is 0.366. The van der Waals surface area contributed by atoms with Crippen LogP contribution in [0.1, 0.15) is 22.3 Å². The third-order valence-corrected chi connectivity index (χ3v) is 6.42. The highest BCUT2D eigenvalue weighted by molar-refractivity contribution is 5.52. The molecular formula is C32H34O5. The Balaban J connectivity index is 1.43. The van der Waals surface area contributed by atoms with E-state index in [-0.39, 0.29) is 0 Å². The van der Waals surface area contributed by atoms with Crippen LogP contribution in [0.25, 0.3) is 0 Å². The zero-order chi connectivity index (χ0) is 26.0. The molecule has 0 N–H and O–H groups in total. The Morgan fingerprint density at radius 2 is 0.838 bits per heavy atom. The molecule has 0 aliphatic heterocycles. The van der Waals surface area contributed by atoms with E-state index in [1.807, 2.05) is 48.5 Å². The van der Waals surface area contributed by atoms with Crippen LogP contribution < -0.4 is 23.7 Å². The second-order valence-corrected chi connectivity index (χ2v) is 8.76. The van der Waals surface area contributed by atoms with Crippen molar-refractivity contribution in [3.05, 3.63) is 107 Å². The van der Waals surface area contributed by atoms with E-state index in [0.29, 0.717) is 11.5 Å². The van der Waals surface area contributed by atoms with Gasteiger partial charge in [-0.25, -0.2) is 0 Å². The summed E-state index contributed by atoms with van der Waals surface area (Å²) in [6, 6.07) is 28.5. The van der Waals surface area contributed by atoms with Crippen molar-refractivity contribution in [1.82, 2.24) is 0 Å². The van der Waals surface area contributed by atoms with Gasteiger partial charge >= 0.3 is 0 Å². The van der Waals surface area contributed by atoms with Gasteiger partial charge in [-0.05, 0) is 90.4 Å². The first-order chi connectivity index (χ1) is 18.1. The maximum Gasteiger partial charge on any atom is 0.169 e. The molecule has 0 unspecified atom stereocenters. The highest BCUT2D eigenvalue weighted by Crippen LogP contribution is 2.38. The van der Waals surface area contributed by atoms with Gasteiger partial charge in [0.05, 0.1) is 28.4 Å². The highest BCUT2D eigenvalue weighted by atomic mass is 16.5. The first-order valence-corrected chi connectivity index (χ1v) is 12.4. The topological polar surface area (TPSA) is 46.2 Å². The molecule has 0 heterocycles. The zero-order valence-corrected chi connectivity index (χ0v) is 22.0. The Morgan fingerprint density at radius 3 is 1.27 bits per heavy atom. The molecule has 0 fully saturated rings. The van der Waals surface area contributed by atoms with E-state index >= 15 is 0 Å². The van der Waals surface area contributed by atoms with E-state index in [1.54, 1.807) is 28.4 Å². The van der Waals surface area contributed by atoms with E-state index in [1.165, 1.54) is 16.7 Å². The Bertz CT molecular complexity index is 1260. The SMILES string of the molecule is COc1ccc(CCc2ccc(Oc3cc(CCc4ccc(OC)cc4)c(OC)cc3OC)cc2)cc1. The van der Waals surface area contributed by atoms with E-state index in [2.05, 4.69) is 36.4 Å². The molecule has 0 aliphatic rings. The molecule has 0 spiro atoms. The summed E-state index contributed by atoms with van der Waals surface area (Å²) in [4.78, 5) is 0. The fourth-order valence-corrected chi connectivity index (χ4v) is 4.21. The van der Waals surface area contributed by atoms with Crippen molar-refractivity contribution in [2.75, 3.05) is 28.4 Å². The van der Waals surface area contributed by atoms with Crippen molar-refractivity contribution in [3.8, 4) is 34.5 Å². The van der Waals surface area contributed by atoms with Crippen LogP contribution in [0.15, 0.2) is 84.9 Å². The predicted octanol–water partition coefficient (Wildman–Crippen LogP) is 7.08. The lowest BCUT2D eigenvalue weighted by atomic mass is 10.0. The molecule has 0 bridgehead atoms. The van der Waals surface area contributed by atoms with Crippen molar-refractivity contribution in [1.29, 1.82) is 0 Å². The molecule has 4 rings (SSSR count). The molecule has 0 radical (unpaired) electrons. The molecule has 0 aromatic heterocycles. The van der Waals surface area contributed by atoms with Gasteiger partial charge in [0.25, 0.3) is 0 Å². The van der Waals surface area contributed by atoms with Crippen LogP contribution in [-0.4, -0.2) is 28.4 Å². The molecule has 0 amide bonds. The minimum atomic E-state index is 0.633. The molecule has 0 atom stereocenters. The van der Waals surface area contributed by atoms with Crippen molar-refractivity contribution >= 4 is 0 Å². The van der Waals surface area contributed by atoms with Gasteiger partial charge in [-0.15, -0.1) is 0 Å². The normalized spacial score (nSPS) is 10.6. The molecule has 37 heavy (non-hydrogen) atoms. The second kappa shape index (κ2) is 12.7. The Morgan fingerprint density at radius 1 is 0.405 bits per heavy atom. The summed E-state index contributed by atoms with van der Waals surface area (Å²) in [5.74, 6) is 4.58. The van der Waals surface area contributed by atoms with Crippen LogP contribution in [-0.2, 0) is 25.7 Å². The number of aryl methyl sites for hydroxylation is 4. The number of hydrogen-bond donors (Lipinski definition) is 0. The van der Waals surface area contributed by atoms with E-state index in [4.69, 9.17) is 23.7 Å². The van der Waals surface area contributed by atoms with E-state index < -0.39 is 0 Å². The number of benzene rings is 4. The maximum atomic E-state index is 6.26. The molecule has 5 heteroatoms. The third kappa shape index (κ3) is 6.98. The highest BCUT2D eigenvalue weighted by Gasteiger charge is 2.14. The lowest BCUT2D eigenvalue weighted by Crippen LogP contribution is -1.99. The van der Waals surface area contributed by atoms with Crippen LogP contribution in [0.4, 0.5) is 0 Å². The molecule has 0 aliphatic carbocycles. The van der Waals surface area contributed by atoms with Gasteiger partial charge in [-0.3, -0.25) is 0 Å². The van der Waals surface area contributed by atoms with Gasteiger partial charge < -0.3 is 23.7 Å². The number of rotatable bonds is 12. The van der Waals surface area contributed by atoms with Crippen LogP contribution in [0, 0.1) is 0 Å². The van der Waals surface area contributed by atoms with Crippen molar-refractivity contribution in [2.45, 2.75) is 25.7 Å². The summed E-state index contributed by atoms with van der Waals surface area (Å²) in [6.45, 7) is 0. The second-order valence-electron chi connectivity index (χ2n) is 8.76. The monoisotopic (exact) mass is 498 g/mol. The van der Waals surface area contributed by atoms with Gasteiger partial charge in [0.15, 0.2) is 11.5 Å². The van der Waals surface area contributed by atoms with Gasteiger partial charge in [0.2, 0.25) is 0 Å². The first kappa shape index (κ1) is 26.0. The summed E-state index contributed by atoms with van der Waals surface area (Å²) in [5, 5.41) is 0.